The molecule has 1 heterocycles. The maximum Gasteiger partial charge on any atom is 0.326 e. The molecule has 7 heteroatoms. The van der Waals surface area contributed by atoms with Crippen LogP contribution in [0.1, 0.15) is 5.56 Å². The average Bonchev–Trinajstić information content (AvgIpc) is 2.66. The van der Waals surface area contributed by atoms with Gasteiger partial charge in [-0.05, 0) is 17.7 Å². The van der Waals surface area contributed by atoms with Gasteiger partial charge in [-0.3, -0.25) is 19.9 Å². The molecule has 1 saturated heterocycles. The molecule has 2 N–H and O–H groups in total. The first-order chi connectivity index (χ1) is 13.1. The molecule has 1 aliphatic heterocycles. The van der Waals surface area contributed by atoms with Crippen LogP contribution in [0.5, 0.6) is 0 Å². The van der Waals surface area contributed by atoms with E-state index in [1.807, 2.05) is 23.1 Å². The number of imide groups is 1. The molecular weight excluding hydrogens is 347 g/mol. The summed E-state index contributed by atoms with van der Waals surface area (Å²) in [6, 6.07) is 15.4. The average molecular weight is 370 g/mol. The Bertz CT molecular complexity index is 777. The second-order valence-corrected chi connectivity index (χ2v) is 6.52. The quantitative estimate of drug-likeness (QED) is 0.848. The van der Waals surface area contributed by atoms with Gasteiger partial charge in [0, 0.05) is 32.7 Å². The van der Waals surface area contributed by atoms with Crippen molar-refractivity contribution in [3.63, 3.8) is 0 Å². The van der Waals surface area contributed by atoms with E-state index in [-0.39, 0.29) is 12.2 Å². The third-order valence-electron chi connectivity index (χ3n) is 4.46. The molecule has 0 aromatic heterocycles. The number of nitrogens with zero attached hydrogens (tertiary/aromatic N) is 2. The Morgan fingerprint density at radius 1 is 0.889 bits per heavy atom. The zero-order valence-corrected chi connectivity index (χ0v) is 15.0. The van der Waals surface area contributed by atoms with Gasteiger partial charge >= 0.3 is 6.03 Å². The normalized spacial score (nSPS) is 15.3. The molecule has 2 aromatic carbocycles. The first-order valence-corrected chi connectivity index (χ1v) is 8.94. The second-order valence-electron chi connectivity index (χ2n) is 6.52. The van der Waals surface area contributed by atoms with Gasteiger partial charge in [-0.15, -0.1) is 0 Å². The number of carbonyl (C=O) groups is 2. The summed E-state index contributed by atoms with van der Waals surface area (Å²) in [5.41, 5.74) is 1.31. The highest BCUT2D eigenvalue weighted by Gasteiger charge is 2.20. The van der Waals surface area contributed by atoms with Crippen LogP contribution in [0.3, 0.4) is 0 Å². The number of piperazine rings is 1. The fourth-order valence-corrected chi connectivity index (χ4v) is 3.03. The number of anilines is 1. The van der Waals surface area contributed by atoms with E-state index in [1.165, 1.54) is 23.8 Å². The molecule has 142 valence electrons. The molecule has 0 spiro atoms. The summed E-state index contributed by atoms with van der Waals surface area (Å²) in [6.07, 6.45) is 0. The van der Waals surface area contributed by atoms with Crippen LogP contribution in [0, 0.1) is 5.82 Å². The van der Waals surface area contributed by atoms with E-state index in [9.17, 15) is 14.0 Å². The van der Waals surface area contributed by atoms with E-state index in [1.54, 1.807) is 6.07 Å². The Hall–Kier alpha value is -2.77. The maximum absolute atomic E-state index is 13.5. The van der Waals surface area contributed by atoms with Gasteiger partial charge in [-0.1, -0.05) is 42.5 Å². The highest BCUT2D eigenvalue weighted by Crippen LogP contribution is 2.12. The highest BCUT2D eigenvalue weighted by molar-refractivity contribution is 6.01. The van der Waals surface area contributed by atoms with Crippen LogP contribution >= 0.6 is 0 Å². The smallest absolute Gasteiger partial charge is 0.305 e. The van der Waals surface area contributed by atoms with Crippen LogP contribution in [0.2, 0.25) is 0 Å². The topological polar surface area (TPSA) is 64.7 Å². The maximum atomic E-state index is 13.5. The Morgan fingerprint density at radius 3 is 2.22 bits per heavy atom. The van der Waals surface area contributed by atoms with Crippen LogP contribution in [-0.2, 0) is 11.3 Å². The number of para-hydroxylation sites is 1. The van der Waals surface area contributed by atoms with Gasteiger partial charge in [-0.25, -0.2) is 9.18 Å². The van der Waals surface area contributed by atoms with E-state index < -0.39 is 17.8 Å². The number of benzene rings is 2. The molecule has 0 saturated carbocycles. The zero-order valence-electron chi connectivity index (χ0n) is 15.0. The zero-order chi connectivity index (χ0) is 19.1. The third-order valence-corrected chi connectivity index (χ3v) is 4.46. The summed E-state index contributed by atoms with van der Waals surface area (Å²) < 4.78 is 13.5. The van der Waals surface area contributed by atoms with Crippen molar-refractivity contribution < 1.29 is 14.0 Å². The van der Waals surface area contributed by atoms with Crippen LogP contribution in [0.25, 0.3) is 0 Å². The molecule has 0 atom stereocenters. The summed E-state index contributed by atoms with van der Waals surface area (Å²) in [7, 11) is 0. The predicted molar refractivity (Wildman–Crippen MR) is 102 cm³/mol. The van der Waals surface area contributed by atoms with E-state index >= 15 is 0 Å². The molecule has 3 amide bonds. The number of nitrogens with one attached hydrogen (secondary N) is 2. The minimum Gasteiger partial charge on any atom is -0.305 e. The van der Waals surface area contributed by atoms with Crippen molar-refractivity contribution >= 4 is 17.6 Å². The Labute approximate surface area is 158 Å². The minimum atomic E-state index is -0.729. The van der Waals surface area contributed by atoms with E-state index in [0.29, 0.717) is 0 Å². The largest absolute Gasteiger partial charge is 0.326 e. The Morgan fingerprint density at radius 2 is 1.52 bits per heavy atom. The molecule has 27 heavy (non-hydrogen) atoms. The van der Waals surface area contributed by atoms with Gasteiger partial charge in [0.1, 0.15) is 5.82 Å². The second kappa shape index (κ2) is 9.25. The summed E-state index contributed by atoms with van der Waals surface area (Å²) in [6.45, 7) is 4.29. The number of halogens is 1. The molecular formula is C20H23FN4O2. The number of hydrogen-bond donors (Lipinski definition) is 2. The van der Waals surface area contributed by atoms with Gasteiger partial charge in [0.15, 0.2) is 0 Å². The molecule has 0 bridgehead atoms. The molecule has 3 rings (SSSR count). The van der Waals surface area contributed by atoms with Crippen LogP contribution < -0.4 is 10.6 Å². The molecule has 0 unspecified atom stereocenters. The lowest BCUT2D eigenvalue weighted by atomic mass is 10.2. The fourth-order valence-electron chi connectivity index (χ4n) is 3.03. The van der Waals surface area contributed by atoms with Crippen LogP contribution in [0.15, 0.2) is 54.6 Å². The summed E-state index contributed by atoms with van der Waals surface area (Å²) in [5, 5.41) is 4.58. The van der Waals surface area contributed by atoms with Crippen molar-refractivity contribution in [2.24, 2.45) is 0 Å². The van der Waals surface area contributed by atoms with Crippen molar-refractivity contribution in [2.45, 2.75) is 6.54 Å². The van der Waals surface area contributed by atoms with Gasteiger partial charge < -0.3 is 5.32 Å². The van der Waals surface area contributed by atoms with Crippen molar-refractivity contribution in [1.29, 1.82) is 0 Å². The number of amides is 3. The third kappa shape index (κ3) is 5.87. The highest BCUT2D eigenvalue weighted by atomic mass is 19.1. The van der Waals surface area contributed by atoms with Crippen molar-refractivity contribution in [2.75, 3.05) is 38.0 Å². The van der Waals surface area contributed by atoms with E-state index in [0.717, 1.165) is 32.7 Å². The molecule has 2 aromatic rings. The van der Waals surface area contributed by atoms with Crippen molar-refractivity contribution in [1.82, 2.24) is 15.1 Å². The van der Waals surface area contributed by atoms with Gasteiger partial charge in [0.05, 0.1) is 12.2 Å². The fraction of sp³-hybridized carbons (Fsp3) is 0.300. The lowest BCUT2D eigenvalue weighted by Gasteiger charge is -2.34. The summed E-state index contributed by atoms with van der Waals surface area (Å²) in [4.78, 5) is 28.2. The molecule has 1 fully saturated rings. The molecule has 1 aliphatic rings. The summed E-state index contributed by atoms with van der Waals surface area (Å²) >= 11 is 0. The number of carbonyl (C=O) groups excluding carboxylic acids is 2. The van der Waals surface area contributed by atoms with E-state index in [2.05, 4.69) is 27.7 Å². The van der Waals surface area contributed by atoms with Gasteiger partial charge in [0.2, 0.25) is 5.91 Å². The van der Waals surface area contributed by atoms with E-state index in [4.69, 9.17) is 0 Å². The lowest BCUT2D eigenvalue weighted by Crippen LogP contribution is -2.50. The Kier molecular flexibility index (Phi) is 6.51. The first-order valence-electron chi connectivity index (χ1n) is 8.94. The number of urea groups is 1. The summed E-state index contributed by atoms with van der Waals surface area (Å²) in [5.74, 6) is -0.949. The SMILES string of the molecule is O=C(CN1CCN(Cc2ccccc2)CC1)NC(=O)Nc1ccccc1F. The first kappa shape index (κ1) is 19.0. The van der Waals surface area contributed by atoms with Gasteiger partial charge in [0.25, 0.3) is 0 Å². The molecule has 6 nitrogen and oxygen atoms in total. The van der Waals surface area contributed by atoms with Crippen LogP contribution in [0.4, 0.5) is 14.9 Å². The number of rotatable bonds is 5. The lowest BCUT2D eigenvalue weighted by molar-refractivity contribution is -0.121. The van der Waals surface area contributed by atoms with Crippen molar-refractivity contribution in [3.05, 3.63) is 66.0 Å². The minimum absolute atomic E-state index is 0.0392. The van der Waals surface area contributed by atoms with Crippen LogP contribution in [-0.4, -0.2) is 54.5 Å². The molecule has 0 aliphatic carbocycles. The number of hydrogen-bond acceptors (Lipinski definition) is 4. The standard InChI is InChI=1S/C20H23FN4O2/c21-17-8-4-5-9-18(17)22-20(27)23-19(26)15-25-12-10-24(11-13-25)14-16-6-2-1-3-7-16/h1-9H,10-15H2,(H2,22,23,26,27). The molecule has 0 radical (unpaired) electrons. The van der Waals surface area contributed by atoms with Crippen molar-refractivity contribution in [3.8, 4) is 0 Å². The predicted octanol–water partition coefficient (Wildman–Crippen LogP) is 2.29. The Balaban J connectivity index is 1.39. The van der Waals surface area contributed by atoms with Gasteiger partial charge in [-0.2, -0.15) is 0 Å². The monoisotopic (exact) mass is 370 g/mol.